The lowest BCUT2D eigenvalue weighted by Crippen LogP contribution is -2.46. The van der Waals surface area contributed by atoms with E-state index in [-0.39, 0.29) is 12.2 Å². The molecule has 6 nitrogen and oxygen atoms in total. The van der Waals surface area contributed by atoms with Crippen molar-refractivity contribution in [2.45, 2.75) is 19.4 Å². The number of carbonyl (C=O) groups excluding carboxylic acids is 2. The quantitative estimate of drug-likeness (QED) is 0.298. The molecule has 1 amide bonds. The van der Waals surface area contributed by atoms with Gasteiger partial charge in [0.15, 0.2) is 6.23 Å². The van der Waals surface area contributed by atoms with E-state index in [1.807, 2.05) is 5.32 Å². The van der Waals surface area contributed by atoms with Crippen LogP contribution in [-0.4, -0.2) is 41.0 Å². The van der Waals surface area contributed by atoms with Crippen molar-refractivity contribution in [2.75, 3.05) is 6.61 Å². The van der Waals surface area contributed by atoms with Crippen molar-refractivity contribution in [3.63, 3.8) is 0 Å². The Morgan fingerprint density at radius 3 is 2.50 bits per heavy atom. The summed E-state index contributed by atoms with van der Waals surface area (Å²) in [5, 5.41) is 20.3. The van der Waals surface area contributed by atoms with Crippen LogP contribution in [0.3, 0.4) is 0 Å². The Morgan fingerprint density at radius 2 is 2.06 bits per heavy atom. The Kier molecular flexibility index (Phi) is 6.24. The fourth-order valence-electron chi connectivity index (χ4n) is 0.695. The zero-order valence-corrected chi connectivity index (χ0v) is 8.97. The predicted molar refractivity (Wildman–Crippen MR) is 56.1 cm³/mol. The molecule has 6 heteroatoms. The minimum absolute atomic E-state index is 0.0476. The predicted octanol–water partition coefficient (Wildman–Crippen LogP) is -0.913. The van der Waals surface area contributed by atoms with Gasteiger partial charge in [-0.3, -0.25) is 9.59 Å². The number of aliphatic hydroxyl groups is 2. The highest BCUT2D eigenvalue weighted by Gasteiger charge is 2.25. The summed E-state index contributed by atoms with van der Waals surface area (Å²) in [6.07, 6.45) is -2.31. The van der Waals surface area contributed by atoms with Crippen LogP contribution in [0.1, 0.15) is 6.92 Å². The molecule has 0 aromatic carbocycles. The number of rotatable bonds is 7. The van der Waals surface area contributed by atoms with E-state index in [9.17, 15) is 14.7 Å². The molecular weight excluding hydrogens is 214 g/mol. The van der Waals surface area contributed by atoms with Crippen molar-refractivity contribution >= 4 is 11.7 Å². The number of amides is 1. The van der Waals surface area contributed by atoms with Crippen LogP contribution in [-0.2, 0) is 14.3 Å². The molecule has 0 saturated carbocycles. The zero-order valence-electron chi connectivity index (χ0n) is 8.97. The Morgan fingerprint density at radius 1 is 1.50 bits per heavy atom. The van der Waals surface area contributed by atoms with Crippen LogP contribution < -0.4 is 5.32 Å². The van der Waals surface area contributed by atoms with Gasteiger partial charge in [0.05, 0.1) is 6.61 Å². The summed E-state index contributed by atoms with van der Waals surface area (Å²) >= 11 is 0. The number of carbonyl (C=O) groups is 2. The fourth-order valence-corrected chi connectivity index (χ4v) is 0.695. The fraction of sp³-hybridized carbons (Fsp3) is 0.400. The van der Waals surface area contributed by atoms with Gasteiger partial charge in [-0.25, -0.2) is 0 Å². The van der Waals surface area contributed by atoms with Crippen molar-refractivity contribution in [3.05, 3.63) is 24.8 Å². The number of Topliss-reactive ketones (excluding diaryl/α,β-unsaturated/α-hetero) is 1. The SMILES string of the molecule is C=CCOC(O)C(=O)C(O)NC(=O)C(=C)C. The first-order chi connectivity index (χ1) is 7.40. The lowest BCUT2D eigenvalue weighted by atomic mass is 10.3. The summed E-state index contributed by atoms with van der Waals surface area (Å²) in [4.78, 5) is 22.2. The van der Waals surface area contributed by atoms with Gasteiger partial charge >= 0.3 is 0 Å². The number of ether oxygens (including phenoxy) is 1. The minimum Gasteiger partial charge on any atom is -0.367 e. The molecule has 0 heterocycles. The summed E-state index contributed by atoms with van der Waals surface area (Å²) in [6.45, 7) is 8.00. The standard InChI is InChI=1S/C10H15NO5/c1-4-5-16-10(15)7(12)9(14)11-8(13)6(2)3/h4,9-10,14-15H,1-2,5H2,3H3,(H,11,13). The summed E-state index contributed by atoms with van der Waals surface area (Å²) in [7, 11) is 0. The first-order valence-corrected chi connectivity index (χ1v) is 4.49. The number of hydrogen-bond donors (Lipinski definition) is 3. The molecule has 0 rings (SSSR count). The van der Waals surface area contributed by atoms with Crippen LogP contribution in [0.4, 0.5) is 0 Å². The van der Waals surface area contributed by atoms with E-state index in [4.69, 9.17) is 5.11 Å². The molecule has 0 aliphatic rings. The molecule has 0 aliphatic carbocycles. The summed E-state index contributed by atoms with van der Waals surface area (Å²) in [5.41, 5.74) is 0.133. The topological polar surface area (TPSA) is 95.9 Å². The molecule has 3 N–H and O–H groups in total. The van der Waals surface area contributed by atoms with Crippen LogP contribution in [0.15, 0.2) is 24.8 Å². The van der Waals surface area contributed by atoms with Crippen LogP contribution >= 0.6 is 0 Å². The lowest BCUT2D eigenvalue weighted by molar-refractivity contribution is -0.164. The van der Waals surface area contributed by atoms with E-state index in [0.29, 0.717) is 0 Å². The molecule has 0 aromatic rings. The second kappa shape index (κ2) is 6.89. The minimum atomic E-state index is -1.83. The lowest BCUT2D eigenvalue weighted by Gasteiger charge is -2.15. The van der Waals surface area contributed by atoms with Gasteiger partial charge in [0, 0.05) is 5.57 Å². The number of hydrogen-bond acceptors (Lipinski definition) is 5. The van der Waals surface area contributed by atoms with Crippen LogP contribution in [0.2, 0.25) is 0 Å². The van der Waals surface area contributed by atoms with E-state index in [2.05, 4.69) is 17.9 Å². The van der Waals surface area contributed by atoms with E-state index in [1.54, 1.807) is 0 Å². The molecular formula is C10H15NO5. The van der Waals surface area contributed by atoms with E-state index in [0.717, 1.165) is 0 Å². The van der Waals surface area contributed by atoms with Crippen molar-refractivity contribution in [2.24, 2.45) is 0 Å². The number of aliphatic hydroxyl groups excluding tert-OH is 2. The molecule has 0 spiro atoms. The third-order valence-electron chi connectivity index (χ3n) is 1.54. The average Bonchev–Trinajstić information content (AvgIpc) is 2.24. The van der Waals surface area contributed by atoms with Crippen molar-refractivity contribution in [1.29, 1.82) is 0 Å². The largest absolute Gasteiger partial charge is 0.367 e. The van der Waals surface area contributed by atoms with Gasteiger partial charge in [0.1, 0.15) is 0 Å². The van der Waals surface area contributed by atoms with E-state index >= 15 is 0 Å². The van der Waals surface area contributed by atoms with Crippen LogP contribution in [0.5, 0.6) is 0 Å². The van der Waals surface area contributed by atoms with E-state index < -0.39 is 24.2 Å². The monoisotopic (exact) mass is 229 g/mol. The molecule has 0 fully saturated rings. The second-order valence-electron chi connectivity index (χ2n) is 3.03. The number of ketones is 1. The highest BCUT2D eigenvalue weighted by Crippen LogP contribution is 1.95. The Labute approximate surface area is 93.2 Å². The Bertz CT molecular complexity index is 300. The molecule has 2 atom stereocenters. The van der Waals surface area contributed by atoms with Gasteiger partial charge in [-0.15, -0.1) is 6.58 Å². The van der Waals surface area contributed by atoms with Gasteiger partial charge in [-0.1, -0.05) is 12.7 Å². The van der Waals surface area contributed by atoms with Gasteiger partial charge in [-0.2, -0.15) is 0 Å². The second-order valence-corrected chi connectivity index (χ2v) is 3.03. The van der Waals surface area contributed by atoms with Crippen molar-refractivity contribution in [3.8, 4) is 0 Å². The Hall–Kier alpha value is -1.50. The van der Waals surface area contributed by atoms with Gasteiger partial charge in [-0.05, 0) is 6.92 Å². The van der Waals surface area contributed by atoms with Crippen molar-refractivity contribution < 1.29 is 24.5 Å². The first-order valence-electron chi connectivity index (χ1n) is 4.49. The van der Waals surface area contributed by atoms with Gasteiger partial charge < -0.3 is 20.3 Å². The van der Waals surface area contributed by atoms with Gasteiger partial charge in [0.2, 0.25) is 18.0 Å². The summed E-state index contributed by atoms with van der Waals surface area (Å²) in [5.74, 6) is -1.74. The van der Waals surface area contributed by atoms with Crippen LogP contribution in [0, 0.1) is 0 Å². The normalized spacial score (nSPS) is 13.7. The summed E-state index contributed by atoms with van der Waals surface area (Å²) in [6, 6.07) is 0. The average molecular weight is 229 g/mol. The molecule has 0 saturated heterocycles. The van der Waals surface area contributed by atoms with Crippen LogP contribution in [0.25, 0.3) is 0 Å². The molecule has 0 bridgehead atoms. The maximum absolute atomic E-state index is 11.2. The number of nitrogens with one attached hydrogen (secondary N) is 1. The molecule has 0 aliphatic heterocycles. The zero-order chi connectivity index (χ0) is 12.7. The first kappa shape index (κ1) is 14.5. The molecule has 0 radical (unpaired) electrons. The maximum atomic E-state index is 11.2. The molecule has 16 heavy (non-hydrogen) atoms. The van der Waals surface area contributed by atoms with Crippen molar-refractivity contribution in [1.82, 2.24) is 5.32 Å². The summed E-state index contributed by atoms with van der Waals surface area (Å²) < 4.78 is 4.57. The highest BCUT2D eigenvalue weighted by molar-refractivity contribution is 5.96. The highest BCUT2D eigenvalue weighted by atomic mass is 16.6. The molecule has 0 aromatic heterocycles. The maximum Gasteiger partial charge on any atom is 0.248 e. The third-order valence-corrected chi connectivity index (χ3v) is 1.54. The third kappa shape index (κ3) is 4.83. The van der Waals surface area contributed by atoms with E-state index in [1.165, 1.54) is 13.0 Å². The molecule has 90 valence electrons. The van der Waals surface area contributed by atoms with Gasteiger partial charge in [0.25, 0.3) is 0 Å². The molecule has 2 unspecified atom stereocenters. The smallest absolute Gasteiger partial charge is 0.248 e. The Balaban J connectivity index is 4.21.